The normalized spacial score (nSPS) is 11.2. The highest BCUT2D eigenvalue weighted by molar-refractivity contribution is 6.30. The van der Waals surface area contributed by atoms with Crippen LogP contribution in [0.15, 0.2) is 65.7 Å². The molecule has 0 radical (unpaired) electrons. The number of H-pyrrole nitrogens is 2. The van der Waals surface area contributed by atoms with E-state index in [1.807, 2.05) is 31.2 Å². The lowest BCUT2D eigenvalue weighted by Crippen LogP contribution is -2.14. The molecule has 3 aromatic rings. The van der Waals surface area contributed by atoms with Gasteiger partial charge < -0.3 is 4.98 Å². The minimum Gasteiger partial charge on any atom is -0.364 e. The first-order chi connectivity index (χ1) is 14.1. The second-order valence-electron chi connectivity index (χ2n) is 6.69. The molecule has 2 aliphatic heterocycles. The summed E-state index contributed by atoms with van der Waals surface area (Å²) in [4.78, 5) is 16.1. The highest BCUT2D eigenvalue weighted by atomic mass is 35.5. The van der Waals surface area contributed by atoms with Gasteiger partial charge in [-0.25, -0.2) is 0 Å². The maximum absolute atomic E-state index is 12.9. The molecule has 0 saturated carbocycles. The number of halogens is 1. The van der Waals surface area contributed by atoms with Crippen LogP contribution in [0.5, 0.6) is 0 Å². The lowest BCUT2D eigenvalue weighted by molar-refractivity contribution is 0.858. The van der Waals surface area contributed by atoms with E-state index in [9.17, 15) is 4.79 Å². The quantitative estimate of drug-likeness (QED) is 0.475. The van der Waals surface area contributed by atoms with Gasteiger partial charge in [-0.3, -0.25) is 9.89 Å². The van der Waals surface area contributed by atoms with Crippen LogP contribution in [0.25, 0.3) is 39.3 Å². The maximum Gasteiger partial charge on any atom is 0.282 e. The monoisotopic (exact) mass is 402 g/mol. The van der Waals surface area contributed by atoms with Gasteiger partial charge in [0.25, 0.3) is 5.56 Å². The van der Waals surface area contributed by atoms with E-state index in [4.69, 9.17) is 11.6 Å². The van der Waals surface area contributed by atoms with Crippen molar-refractivity contribution in [1.82, 2.24) is 30.2 Å². The van der Waals surface area contributed by atoms with Gasteiger partial charge in [0.2, 0.25) is 0 Å². The first-order valence-corrected chi connectivity index (χ1v) is 9.33. The third-order valence-corrected chi connectivity index (χ3v) is 5.15. The predicted octanol–water partition coefficient (Wildman–Crippen LogP) is 4.08. The average molecular weight is 403 g/mol. The maximum atomic E-state index is 12.9. The summed E-state index contributed by atoms with van der Waals surface area (Å²) in [6.45, 7) is 1.97. The molecule has 0 bridgehead atoms. The van der Waals surface area contributed by atoms with Gasteiger partial charge in [-0.05, 0) is 36.8 Å². The van der Waals surface area contributed by atoms with Crippen LogP contribution in [0.4, 0.5) is 0 Å². The number of rotatable bonds is 3. The number of aryl methyl sites for hydroxylation is 1. The van der Waals surface area contributed by atoms with Gasteiger partial charge in [0.1, 0.15) is 5.69 Å². The summed E-state index contributed by atoms with van der Waals surface area (Å²) in [5, 5.41) is 15.7. The van der Waals surface area contributed by atoms with Crippen molar-refractivity contribution in [2.24, 2.45) is 0 Å². The van der Waals surface area contributed by atoms with Crippen molar-refractivity contribution in [2.45, 2.75) is 6.92 Å². The summed E-state index contributed by atoms with van der Waals surface area (Å²) >= 11 is 5.97. The number of fused-ring (bicyclic) bond motifs is 1. The van der Waals surface area contributed by atoms with Crippen LogP contribution < -0.4 is 5.56 Å². The summed E-state index contributed by atoms with van der Waals surface area (Å²) in [5.74, 6) is 0. The van der Waals surface area contributed by atoms with Crippen LogP contribution in [0.2, 0.25) is 5.02 Å². The fourth-order valence-corrected chi connectivity index (χ4v) is 3.55. The summed E-state index contributed by atoms with van der Waals surface area (Å²) in [6, 6.07) is 15.0. The van der Waals surface area contributed by atoms with Gasteiger partial charge in [0.15, 0.2) is 0 Å². The van der Waals surface area contributed by atoms with E-state index in [1.165, 1.54) is 4.68 Å². The molecule has 0 atom stereocenters. The highest BCUT2D eigenvalue weighted by Crippen LogP contribution is 2.33. The van der Waals surface area contributed by atoms with E-state index in [0.29, 0.717) is 22.0 Å². The Hall–Kier alpha value is -3.71. The Kier molecular flexibility index (Phi) is 4.03. The lowest BCUT2D eigenvalue weighted by Gasteiger charge is -2.10. The lowest BCUT2D eigenvalue weighted by atomic mass is 9.97. The standard InChI is InChI=1S/C21H15ClN6O/c1-12-19(14-4-2-13(3-5-14)18-11-24-27-25-18)20-17(10-23-12)21(29)28(26-20)16-8-6-15(22)7-9-16/h2-11,23H,1H3,(H,24,25,27). The SMILES string of the molecule is Cc1[nH]cc2c(=O)n(-c3ccc(Cl)cc3)nc-2c1-c1ccc(-c2cnn[nH]2)cc1. The Balaban J connectivity index is 1.66. The van der Waals surface area contributed by atoms with Crippen LogP contribution in [0.3, 0.4) is 0 Å². The Bertz CT molecular complexity index is 1320. The van der Waals surface area contributed by atoms with Gasteiger partial charge in [-0.1, -0.05) is 41.1 Å². The van der Waals surface area contributed by atoms with Crippen molar-refractivity contribution in [3.05, 3.63) is 82.0 Å². The van der Waals surface area contributed by atoms with Crippen molar-refractivity contribution in [2.75, 3.05) is 0 Å². The number of aromatic nitrogens is 6. The Morgan fingerprint density at radius 2 is 1.72 bits per heavy atom. The molecule has 2 aliphatic rings. The van der Waals surface area contributed by atoms with Crippen LogP contribution in [0.1, 0.15) is 5.69 Å². The van der Waals surface area contributed by atoms with E-state index in [2.05, 4.69) is 25.5 Å². The number of hydrogen-bond donors (Lipinski definition) is 2. The molecule has 1 aromatic heterocycles. The minimum absolute atomic E-state index is 0.181. The van der Waals surface area contributed by atoms with Crippen LogP contribution >= 0.6 is 11.6 Å². The zero-order valence-corrected chi connectivity index (χ0v) is 16.1. The molecule has 0 fully saturated rings. The fourth-order valence-electron chi connectivity index (χ4n) is 3.42. The Labute approximate surface area is 170 Å². The van der Waals surface area contributed by atoms with Crippen LogP contribution in [-0.4, -0.2) is 30.2 Å². The first-order valence-electron chi connectivity index (χ1n) is 8.95. The third-order valence-electron chi connectivity index (χ3n) is 4.89. The molecule has 8 heteroatoms. The van der Waals surface area contributed by atoms with Crippen molar-refractivity contribution >= 4 is 11.6 Å². The molecule has 0 amide bonds. The smallest absolute Gasteiger partial charge is 0.282 e. The molecule has 5 rings (SSSR count). The molecule has 2 N–H and O–H groups in total. The molecule has 142 valence electrons. The van der Waals surface area contributed by atoms with E-state index < -0.39 is 0 Å². The molecule has 3 heterocycles. The van der Waals surface area contributed by atoms with Gasteiger partial charge in [-0.15, -0.1) is 5.10 Å². The third kappa shape index (κ3) is 2.92. The second kappa shape index (κ2) is 6.72. The molecule has 0 spiro atoms. The van der Waals surface area contributed by atoms with Gasteiger partial charge in [-0.2, -0.15) is 9.78 Å². The summed E-state index contributed by atoms with van der Waals surface area (Å²) in [5.41, 5.74) is 6.26. The topological polar surface area (TPSA) is 92.2 Å². The Morgan fingerprint density at radius 3 is 2.41 bits per heavy atom. The second-order valence-corrected chi connectivity index (χ2v) is 7.13. The summed E-state index contributed by atoms with van der Waals surface area (Å²) in [7, 11) is 0. The number of nitrogens with zero attached hydrogens (tertiary/aromatic N) is 4. The average Bonchev–Trinajstić information content (AvgIpc) is 3.38. The van der Waals surface area contributed by atoms with E-state index >= 15 is 0 Å². The van der Waals surface area contributed by atoms with Gasteiger partial charge >= 0.3 is 0 Å². The molecule has 0 saturated heterocycles. The summed E-state index contributed by atoms with van der Waals surface area (Å²) in [6.07, 6.45) is 3.38. The van der Waals surface area contributed by atoms with E-state index in [1.54, 1.807) is 36.7 Å². The highest BCUT2D eigenvalue weighted by Gasteiger charge is 2.22. The van der Waals surface area contributed by atoms with Crippen molar-refractivity contribution in [1.29, 1.82) is 0 Å². The van der Waals surface area contributed by atoms with E-state index in [0.717, 1.165) is 28.1 Å². The molecule has 29 heavy (non-hydrogen) atoms. The largest absolute Gasteiger partial charge is 0.364 e. The molecular formula is C21H15ClN6O. The molecular weight excluding hydrogens is 388 g/mol. The van der Waals surface area contributed by atoms with Gasteiger partial charge in [0.05, 0.1) is 23.1 Å². The van der Waals surface area contributed by atoms with Gasteiger partial charge in [0, 0.05) is 28.0 Å². The van der Waals surface area contributed by atoms with Crippen molar-refractivity contribution in [3.63, 3.8) is 0 Å². The zero-order chi connectivity index (χ0) is 20.0. The van der Waals surface area contributed by atoms with Crippen molar-refractivity contribution < 1.29 is 0 Å². The molecule has 2 aromatic carbocycles. The number of pyridine rings is 1. The Morgan fingerprint density at radius 1 is 1.00 bits per heavy atom. The number of aromatic amines is 2. The number of benzene rings is 2. The molecule has 0 aliphatic carbocycles. The minimum atomic E-state index is -0.181. The van der Waals surface area contributed by atoms with E-state index in [-0.39, 0.29) is 5.56 Å². The first kappa shape index (κ1) is 17.4. The fraction of sp³-hybridized carbons (Fsp3) is 0.0476. The molecule has 0 unspecified atom stereocenters. The van der Waals surface area contributed by atoms with Crippen LogP contribution in [-0.2, 0) is 0 Å². The predicted molar refractivity (Wildman–Crippen MR) is 111 cm³/mol. The van der Waals surface area contributed by atoms with Crippen LogP contribution in [0, 0.1) is 6.92 Å². The number of nitrogens with one attached hydrogen (secondary N) is 2. The number of hydrogen-bond acceptors (Lipinski definition) is 4. The zero-order valence-electron chi connectivity index (χ0n) is 15.3. The summed E-state index contributed by atoms with van der Waals surface area (Å²) < 4.78 is 1.41. The molecule has 7 nitrogen and oxygen atoms in total. The van der Waals surface area contributed by atoms with Crippen molar-refractivity contribution in [3.8, 4) is 39.3 Å².